The van der Waals surface area contributed by atoms with Crippen molar-refractivity contribution in [2.24, 2.45) is 0 Å². The smallest absolute Gasteiger partial charge is 0.416 e. The van der Waals surface area contributed by atoms with Crippen LogP contribution in [-0.2, 0) is 10.9 Å². The molecular weight excluding hydrogens is 263 g/mol. The number of hydrogen-bond acceptors (Lipinski definition) is 3. The SMILES string of the molecule is CN1C(=O)OC(c2ccc(C(F)(F)F)cc2)C1CO. The molecule has 1 fully saturated rings. The molecule has 2 atom stereocenters. The van der Waals surface area contributed by atoms with E-state index in [1.165, 1.54) is 24.1 Å². The molecule has 0 saturated carbocycles. The van der Waals surface area contributed by atoms with Gasteiger partial charge in [-0.25, -0.2) is 4.79 Å². The second-order valence-electron chi connectivity index (χ2n) is 4.28. The van der Waals surface area contributed by atoms with E-state index in [2.05, 4.69) is 0 Å². The molecule has 19 heavy (non-hydrogen) atoms. The average molecular weight is 275 g/mol. The van der Waals surface area contributed by atoms with Crippen LogP contribution in [0.5, 0.6) is 0 Å². The number of rotatable bonds is 2. The molecule has 1 aromatic carbocycles. The van der Waals surface area contributed by atoms with E-state index in [1.54, 1.807) is 0 Å². The average Bonchev–Trinajstić information content (AvgIpc) is 2.64. The van der Waals surface area contributed by atoms with Gasteiger partial charge in [0.25, 0.3) is 0 Å². The number of ether oxygens (including phenoxy) is 1. The van der Waals surface area contributed by atoms with Gasteiger partial charge in [0.05, 0.1) is 18.2 Å². The summed E-state index contributed by atoms with van der Waals surface area (Å²) in [5.74, 6) is 0. The summed E-state index contributed by atoms with van der Waals surface area (Å²) in [5.41, 5.74) is -0.348. The Labute approximate surface area is 107 Å². The van der Waals surface area contributed by atoms with E-state index < -0.39 is 30.0 Å². The van der Waals surface area contributed by atoms with Gasteiger partial charge in [-0.1, -0.05) is 12.1 Å². The Morgan fingerprint density at radius 2 is 1.89 bits per heavy atom. The summed E-state index contributed by atoms with van der Waals surface area (Å²) in [5, 5.41) is 9.22. The number of nitrogens with zero attached hydrogens (tertiary/aromatic N) is 1. The van der Waals surface area contributed by atoms with E-state index >= 15 is 0 Å². The maximum atomic E-state index is 12.4. The highest BCUT2D eigenvalue weighted by Gasteiger charge is 2.40. The first-order chi connectivity index (χ1) is 8.84. The van der Waals surface area contributed by atoms with Crippen LogP contribution in [0.15, 0.2) is 24.3 Å². The fourth-order valence-corrected chi connectivity index (χ4v) is 1.98. The van der Waals surface area contributed by atoms with Gasteiger partial charge >= 0.3 is 12.3 Å². The van der Waals surface area contributed by atoms with Gasteiger partial charge in [0.2, 0.25) is 0 Å². The lowest BCUT2D eigenvalue weighted by Crippen LogP contribution is -2.33. The molecule has 1 N–H and O–H groups in total. The van der Waals surface area contributed by atoms with Crippen molar-refractivity contribution in [2.45, 2.75) is 18.3 Å². The molecule has 1 aliphatic heterocycles. The molecule has 1 heterocycles. The number of carbonyl (C=O) groups is 1. The second kappa shape index (κ2) is 4.73. The molecule has 4 nitrogen and oxygen atoms in total. The Hall–Kier alpha value is -1.76. The number of halogens is 3. The summed E-state index contributed by atoms with van der Waals surface area (Å²) in [6.45, 7) is -0.325. The quantitative estimate of drug-likeness (QED) is 0.900. The van der Waals surface area contributed by atoms with Crippen LogP contribution in [0.3, 0.4) is 0 Å². The van der Waals surface area contributed by atoms with Gasteiger partial charge in [-0.2, -0.15) is 13.2 Å². The lowest BCUT2D eigenvalue weighted by atomic mass is 10.0. The van der Waals surface area contributed by atoms with Crippen molar-refractivity contribution in [1.82, 2.24) is 4.90 Å². The van der Waals surface area contributed by atoms with Gasteiger partial charge in [0.1, 0.15) is 0 Å². The molecule has 1 aromatic rings. The van der Waals surface area contributed by atoms with Crippen LogP contribution >= 0.6 is 0 Å². The third-order valence-corrected chi connectivity index (χ3v) is 3.12. The second-order valence-corrected chi connectivity index (χ2v) is 4.28. The number of alkyl halides is 3. The van der Waals surface area contributed by atoms with Crippen molar-refractivity contribution >= 4 is 6.09 Å². The Kier molecular flexibility index (Phi) is 3.40. The van der Waals surface area contributed by atoms with E-state index in [-0.39, 0.29) is 6.61 Å². The van der Waals surface area contributed by atoms with Crippen LogP contribution < -0.4 is 0 Å². The van der Waals surface area contributed by atoms with Crippen LogP contribution in [0.25, 0.3) is 0 Å². The number of carbonyl (C=O) groups excluding carboxylic acids is 1. The summed E-state index contributed by atoms with van der Waals surface area (Å²) in [6, 6.07) is 3.76. The molecular formula is C12H12F3NO3. The monoisotopic (exact) mass is 275 g/mol. The number of likely N-dealkylation sites (N-methyl/N-ethyl adjacent to an activating group) is 1. The van der Waals surface area contributed by atoms with Crippen molar-refractivity contribution in [2.75, 3.05) is 13.7 Å². The van der Waals surface area contributed by atoms with Gasteiger partial charge in [-0.15, -0.1) is 0 Å². The highest BCUT2D eigenvalue weighted by atomic mass is 19.4. The first-order valence-electron chi connectivity index (χ1n) is 5.56. The third kappa shape index (κ3) is 2.51. The van der Waals surface area contributed by atoms with Crippen LogP contribution in [0.2, 0.25) is 0 Å². The van der Waals surface area contributed by atoms with Crippen molar-refractivity contribution in [1.29, 1.82) is 0 Å². The molecule has 0 aliphatic carbocycles. The molecule has 2 rings (SSSR count). The maximum Gasteiger partial charge on any atom is 0.416 e. The summed E-state index contributed by atoms with van der Waals surface area (Å²) >= 11 is 0. The van der Waals surface area contributed by atoms with E-state index in [1.807, 2.05) is 0 Å². The zero-order chi connectivity index (χ0) is 14.2. The molecule has 1 saturated heterocycles. The van der Waals surface area contributed by atoms with Crippen molar-refractivity contribution < 1.29 is 27.8 Å². The number of aliphatic hydroxyl groups is 1. The van der Waals surface area contributed by atoms with Crippen molar-refractivity contribution in [3.8, 4) is 0 Å². The van der Waals surface area contributed by atoms with Crippen LogP contribution in [-0.4, -0.2) is 35.8 Å². The first kappa shape index (κ1) is 13.7. The molecule has 2 unspecified atom stereocenters. The van der Waals surface area contributed by atoms with Gasteiger partial charge in [-0.05, 0) is 17.7 Å². The fraction of sp³-hybridized carbons (Fsp3) is 0.417. The highest BCUT2D eigenvalue weighted by Crippen LogP contribution is 2.34. The molecule has 0 radical (unpaired) electrons. The van der Waals surface area contributed by atoms with E-state index in [4.69, 9.17) is 4.74 Å². The number of amides is 1. The molecule has 104 valence electrons. The summed E-state index contributed by atoms with van der Waals surface area (Å²) in [7, 11) is 1.47. The molecule has 0 aromatic heterocycles. The highest BCUT2D eigenvalue weighted by molar-refractivity contribution is 5.70. The van der Waals surface area contributed by atoms with E-state index in [0.29, 0.717) is 5.56 Å². The zero-order valence-electron chi connectivity index (χ0n) is 10.0. The first-order valence-corrected chi connectivity index (χ1v) is 5.56. The minimum atomic E-state index is -4.40. The lowest BCUT2D eigenvalue weighted by Gasteiger charge is -2.19. The fourth-order valence-electron chi connectivity index (χ4n) is 1.98. The van der Waals surface area contributed by atoms with Crippen LogP contribution in [0.4, 0.5) is 18.0 Å². The minimum Gasteiger partial charge on any atom is -0.439 e. The summed E-state index contributed by atoms with van der Waals surface area (Å²) in [4.78, 5) is 12.6. The third-order valence-electron chi connectivity index (χ3n) is 3.12. The predicted octanol–water partition coefficient (Wildman–Crippen LogP) is 2.19. The molecule has 0 bridgehead atoms. The Morgan fingerprint density at radius 3 is 2.37 bits per heavy atom. The molecule has 1 aliphatic rings. The maximum absolute atomic E-state index is 12.4. The number of aliphatic hydroxyl groups excluding tert-OH is 1. The molecule has 1 amide bonds. The van der Waals surface area contributed by atoms with E-state index in [9.17, 15) is 23.1 Å². The zero-order valence-corrected chi connectivity index (χ0v) is 10.0. The van der Waals surface area contributed by atoms with Crippen molar-refractivity contribution in [3.05, 3.63) is 35.4 Å². The minimum absolute atomic E-state index is 0.325. The lowest BCUT2D eigenvalue weighted by molar-refractivity contribution is -0.137. The molecule has 7 heteroatoms. The summed E-state index contributed by atoms with van der Waals surface area (Å²) in [6.07, 6.45) is -5.77. The van der Waals surface area contributed by atoms with Crippen LogP contribution in [0.1, 0.15) is 17.2 Å². The Bertz CT molecular complexity index is 472. The van der Waals surface area contributed by atoms with E-state index in [0.717, 1.165) is 12.1 Å². The van der Waals surface area contributed by atoms with Gasteiger partial charge < -0.3 is 14.7 Å². The van der Waals surface area contributed by atoms with Gasteiger partial charge in [0, 0.05) is 7.05 Å². The molecule has 0 spiro atoms. The Morgan fingerprint density at radius 1 is 1.32 bits per heavy atom. The van der Waals surface area contributed by atoms with Crippen molar-refractivity contribution in [3.63, 3.8) is 0 Å². The van der Waals surface area contributed by atoms with Crippen LogP contribution in [0, 0.1) is 0 Å². The van der Waals surface area contributed by atoms with Gasteiger partial charge in [-0.3, -0.25) is 0 Å². The predicted molar refractivity (Wildman–Crippen MR) is 59.3 cm³/mol. The summed E-state index contributed by atoms with van der Waals surface area (Å²) < 4.78 is 42.3. The standard InChI is InChI=1S/C12H12F3NO3/c1-16-9(6-17)10(19-11(16)18)7-2-4-8(5-3-7)12(13,14)15/h2-5,9-10,17H,6H2,1H3. The van der Waals surface area contributed by atoms with Gasteiger partial charge in [0.15, 0.2) is 6.10 Å². The Balaban J connectivity index is 2.25. The number of cyclic esters (lactones) is 1. The number of benzene rings is 1. The number of hydrogen-bond donors (Lipinski definition) is 1. The largest absolute Gasteiger partial charge is 0.439 e. The topological polar surface area (TPSA) is 49.8 Å². The normalized spacial score (nSPS) is 23.6.